The molecule has 2 rings (SSSR count). The van der Waals surface area contributed by atoms with Crippen LogP contribution < -0.4 is 5.32 Å². The molecule has 2 heterocycles. The van der Waals surface area contributed by atoms with Crippen molar-refractivity contribution in [2.24, 2.45) is 5.92 Å². The molecule has 21 heavy (non-hydrogen) atoms. The van der Waals surface area contributed by atoms with Crippen molar-refractivity contribution < 1.29 is 4.79 Å². The monoisotopic (exact) mass is 289 g/mol. The Balaban J connectivity index is 2.19. The zero-order chi connectivity index (χ0) is 15.2. The van der Waals surface area contributed by atoms with Crippen molar-refractivity contribution in [1.29, 1.82) is 0 Å². The van der Waals surface area contributed by atoms with Crippen molar-refractivity contribution in [3.8, 4) is 0 Å². The van der Waals surface area contributed by atoms with Crippen LogP contribution in [0.3, 0.4) is 0 Å². The molecule has 1 N–H and O–H groups in total. The maximum atomic E-state index is 12.8. The lowest BCUT2D eigenvalue weighted by atomic mass is 10.0. The van der Waals surface area contributed by atoms with Crippen molar-refractivity contribution in [2.45, 2.75) is 46.5 Å². The van der Waals surface area contributed by atoms with Gasteiger partial charge in [0, 0.05) is 30.9 Å². The Morgan fingerprint density at radius 1 is 1.33 bits per heavy atom. The first kappa shape index (κ1) is 15.8. The maximum Gasteiger partial charge on any atom is 0.254 e. The second kappa shape index (κ2) is 7.43. The fraction of sp³-hybridized carbons (Fsp3) is 0.647. The van der Waals surface area contributed by atoms with Crippen LogP contribution in [0.5, 0.6) is 0 Å². The molecule has 1 atom stereocenters. The van der Waals surface area contributed by atoms with E-state index in [2.05, 4.69) is 24.1 Å². The average molecular weight is 289 g/mol. The number of rotatable bonds is 4. The van der Waals surface area contributed by atoms with Crippen LogP contribution in [0.2, 0.25) is 0 Å². The van der Waals surface area contributed by atoms with Crippen LogP contribution in [0.4, 0.5) is 5.82 Å². The number of nitrogens with zero attached hydrogens (tertiary/aromatic N) is 2. The molecule has 1 aliphatic rings. The number of hydrogen-bond acceptors (Lipinski definition) is 3. The summed E-state index contributed by atoms with van der Waals surface area (Å²) in [6, 6.07) is 3.83. The topological polar surface area (TPSA) is 45.2 Å². The SMILES string of the molecule is CCNc1cc(C(=O)N2CCCC(C)CC2)cc(CC)n1. The van der Waals surface area contributed by atoms with Crippen molar-refractivity contribution in [3.05, 3.63) is 23.4 Å². The fourth-order valence-corrected chi connectivity index (χ4v) is 2.81. The molecule has 1 amide bonds. The van der Waals surface area contributed by atoms with Gasteiger partial charge in [-0.2, -0.15) is 0 Å². The summed E-state index contributed by atoms with van der Waals surface area (Å²) in [5.74, 6) is 1.69. The van der Waals surface area contributed by atoms with E-state index in [0.717, 1.165) is 61.9 Å². The lowest BCUT2D eigenvalue weighted by Crippen LogP contribution is -2.32. The predicted molar refractivity (Wildman–Crippen MR) is 86.7 cm³/mol. The summed E-state index contributed by atoms with van der Waals surface area (Å²) >= 11 is 0. The highest BCUT2D eigenvalue weighted by molar-refractivity contribution is 5.95. The molecule has 0 radical (unpaired) electrons. The zero-order valence-corrected chi connectivity index (χ0v) is 13.5. The molecule has 0 saturated carbocycles. The van der Waals surface area contributed by atoms with Crippen LogP contribution in [-0.2, 0) is 6.42 Å². The largest absolute Gasteiger partial charge is 0.370 e. The number of amides is 1. The number of nitrogens with one attached hydrogen (secondary N) is 1. The number of carbonyl (C=O) groups excluding carboxylic acids is 1. The van der Waals surface area contributed by atoms with E-state index in [-0.39, 0.29) is 5.91 Å². The number of pyridine rings is 1. The summed E-state index contributed by atoms with van der Waals surface area (Å²) in [5.41, 5.74) is 1.74. The highest BCUT2D eigenvalue weighted by Gasteiger charge is 2.20. The van der Waals surface area contributed by atoms with Crippen molar-refractivity contribution in [3.63, 3.8) is 0 Å². The second-order valence-corrected chi connectivity index (χ2v) is 5.94. The van der Waals surface area contributed by atoms with Gasteiger partial charge in [-0.05, 0) is 50.7 Å². The Bertz CT molecular complexity index is 487. The van der Waals surface area contributed by atoms with Gasteiger partial charge in [0.25, 0.3) is 5.91 Å². The van der Waals surface area contributed by atoms with Crippen LogP contribution in [0.25, 0.3) is 0 Å². The molecular formula is C17H27N3O. The second-order valence-electron chi connectivity index (χ2n) is 5.94. The minimum atomic E-state index is 0.153. The van der Waals surface area contributed by atoms with E-state index < -0.39 is 0 Å². The number of aromatic nitrogens is 1. The van der Waals surface area contributed by atoms with Crippen LogP contribution in [-0.4, -0.2) is 35.4 Å². The van der Waals surface area contributed by atoms with Gasteiger partial charge in [-0.15, -0.1) is 0 Å². The summed E-state index contributed by atoms with van der Waals surface area (Å²) in [6.45, 7) is 8.95. The van der Waals surface area contributed by atoms with E-state index in [1.54, 1.807) is 0 Å². The molecular weight excluding hydrogens is 262 g/mol. The molecule has 4 heteroatoms. The number of hydrogen-bond donors (Lipinski definition) is 1. The highest BCUT2D eigenvalue weighted by atomic mass is 16.2. The van der Waals surface area contributed by atoms with Crippen molar-refractivity contribution in [1.82, 2.24) is 9.88 Å². The van der Waals surface area contributed by atoms with Gasteiger partial charge in [-0.3, -0.25) is 4.79 Å². The minimum Gasteiger partial charge on any atom is -0.370 e. The van der Waals surface area contributed by atoms with Gasteiger partial charge in [0.2, 0.25) is 0 Å². The van der Waals surface area contributed by atoms with Gasteiger partial charge in [-0.25, -0.2) is 4.98 Å². The maximum absolute atomic E-state index is 12.8. The van der Waals surface area contributed by atoms with Gasteiger partial charge in [0.1, 0.15) is 5.82 Å². The number of aryl methyl sites for hydroxylation is 1. The number of anilines is 1. The lowest BCUT2D eigenvalue weighted by molar-refractivity contribution is 0.0760. The molecule has 1 aliphatic heterocycles. The molecule has 1 aromatic heterocycles. The molecule has 0 aliphatic carbocycles. The summed E-state index contributed by atoms with van der Waals surface area (Å²) in [7, 11) is 0. The molecule has 0 aromatic carbocycles. The summed E-state index contributed by atoms with van der Waals surface area (Å²) in [4.78, 5) is 19.3. The molecule has 0 bridgehead atoms. The Hall–Kier alpha value is -1.58. The molecule has 1 unspecified atom stereocenters. The molecule has 4 nitrogen and oxygen atoms in total. The first-order valence-corrected chi connectivity index (χ1v) is 8.18. The highest BCUT2D eigenvalue weighted by Crippen LogP contribution is 2.19. The van der Waals surface area contributed by atoms with Crippen molar-refractivity contribution >= 4 is 11.7 Å². The molecule has 116 valence electrons. The first-order chi connectivity index (χ1) is 10.1. The molecule has 0 spiro atoms. The van der Waals surface area contributed by atoms with Gasteiger partial charge in [0.05, 0.1) is 0 Å². The third kappa shape index (κ3) is 4.19. The Morgan fingerprint density at radius 2 is 2.14 bits per heavy atom. The first-order valence-electron chi connectivity index (χ1n) is 8.18. The Morgan fingerprint density at radius 3 is 2.86 bits per heavy atom. The number of likely N-dealkylation sites (tertiary alicyclic amines) is 1. The van der Waals surface area contributed by atoms with E-state index in [4.69, 9.17) is 0 Å². The smallest absolute Gasteiger partial charge is 0.254 e. The van der Waals surface area contributed by atoms with Gasteiger partial charge < -0.3 is 10.2 Å². The van der Waals surface area contributed by atoms with Crippen molar-refractivity contribution in [2.75, 3.05) is 25.0 Å². The third-order valence-electron chi connectivity index (χ3n) is 4.15. The quantitative estimate of drug-likeness (QED) is 0.924. The van der Waals surface area contributed by atoms with Crippen LogP contribution in [0, 0.1) is 5.92 Å². The standard InChI is InChI=1S/C17H27N3O/c1-4-15-11-14(12-16(19-15)18-5-2)17(21)20-9-6-7-13(3)8-10-20/h11-13H,4-10H2,1-3H3,(H,18,19). The molecule has 1 fully saturated rings. The van der Waals surface area contributed by atoms with E-state index in [9.17, 15) is 4.79 Å². The Kier molecular flexibility index (Phi) is 5.59. The Labute approximate surface area is 127 Å². The van der Waals surface area contributed by atoms with Crippen LogP contribution in [0.15, 0.2) is 12.1 Å². The van der Waals surface area contributed by atoms with E-state index in [1.807, 2.05) is 24.0 Å². The summed E-state index contributed by atoms with van der Waals surface area (Å²) in [5, 5.41) is 3.22. The molecule has 1 aromatic rings. The average Bonchev–Trinajstić information content (AvgIpc) is 2.71. The normalized spacial score (nSPS) is 19.2. The molecule has 1 saturated heterocycles. The van der Waals surface area contributed by atoms with Gasteiger partial charge >= 0.3 is 0 Å². The van der Waals surface area contributed by atoms with E-state index in [1.165, 1.54) is 6.42 Å². The summed E-state index contributed by atoms with van der Waals surface area (Å²) in [6.07, 6.45) is 4.29. The number of carbonyl (C=O) groups is 1. The minimum absolute atomic E-state index is 0.153. The summed E-state index contributed by atoms with van der Waals surface area (Å²) < 4.78 is 0. The van der Waals surface area contributed by atoms with E-state index >= 15 is 0 Å². The van der Waals surface area contributed by atoms with Gasteiger partial charge in [-0.1, -0.05) is 13.8 Å². The van der Waals surface area contributed by atoms with E-state index in [0.29, 0.717) is 0 Å². The van der Waals surface area contributed by atoms with Crippen LogP contribution in [0.1, 0.15) is 56.1 Å². The third-order valence-corrected chi connectivity index (χ3v) is 4.15. The van der Waals surface area contributed by atoms with Crippen LogP contribution >= 0.6 is 0 Å². The lowest BCUT2D eigenvalue weighted by Gasteiger charge is -2.21. The predicted octanol–water partition coefficient (Wildman–Crippen LogP) is 3.34. The fourth-order valence-electron chi connectivity index (χ4n) is 2.81. The van der Waals surface area contributed by atoms with Gasteiger partial charge in [0.15, 0.2) is 0 Å². The zero-order valence-electron chi connectivity index (χ0n) is 13.5.